The Bertz CT molecular complexity index is 585. The van der Waals surface area contributed by atoms with E-state index in [1.165, 1.54) is 24.2 Å². The highest BCUT2D eigenvalue weighted by Gasteiger charge is 2.34. The second kappa shape index (κ2) is 5.99. The molecule has 0 aromatic carbocycles. The molecule has 1 aromatic heterocycles. The molecular weight excluding hydrogens is 304 g/mol. The Balaban J connectivity index is 1.60. The Morgan fingerprint density at radius 3 is 2.67 bits per heavy atom. The van der Waals surface area contributed by atoms with Crippen LogP contribution in [0.5, 0.6) is 0 Å². The van der Waals surface area contributed by atoms with E-state index >= 15 is 0 Å². The van der Waals surface area contributed by atoms with Crippen molar-refractivity contribution in [1.82, 2.24) is 10.0 Å². The number of hydrogen-bond acceptors (Lipinski definition) is 4. The highest BCUT2D eigenvalue weighted by Crippen LogP contribution is 2.32. The van der Waals surface area contributed by atoms with Gasteiger partial charge in [-0.05, 0) is 51.2 Å². The summed E-state index contributed by atoms with van der Waals surface area (Å²) in [4.78, 5) is 1.14. The van der Waals surface area contributed by atoms with Gasteiger partial charge in [-0.1, -0.05) is 12.8 Å². The molecule has 0 saturated heterocycles. The second-order valence-electron chi connectivity index (χ2n) is 6.57. The molecule has 0 atom stereocenters. The molecule has 6 heteroatoms. The van der Waals surface area contributed by atoms with Gasteiger partial charge in [0.25, 0.3) is 10.0 Å². The van der Waals surface area contributed by atoms with E-state index < -0.39 is 10.0 Å². The summed E-state index contributed by atoms with van der Waals surface area (Å²) in [5, 5.41) is 3.46. The fourth-order valence-corrected chi connectivity index (χ4v) is 5.78. The van der Waals surface area contributed by atoms with Gasteiger partial charge in [-0.25, -0.2) is 13.1 Å². The lowest BCUT2D eigenvalue weighted by molar-refractivity contribution is 0.428. The Hall–Kier alpha value is -0.430. The number of hydrogen-bond donors (Lipinski definition) is 2. The van der Waals surface area contributed by atoms with Crippen molar-refractivity contribution in [3.05, 3.63) is 17.0 Å². The normalized spacial score (nSPS) is 21.8. The molecule has 2 aliphatic carbocycles. The molecule has 0 unspecified atom stereocenters. The summed E-state index contributed by atoms with van der Waals surface area (Å²) in [6.07, 6.45) is 7.59. The van der Waals surface area contributed by atoms with E-state index in [0.717, 1.165) is 43.5 Å². The fourth-order valence-electron chi connectivity index (χ4n) is 2.96. The van der Waals surface area contributed by atoms with E-state index in [1.807, 2.05) is 13.0 Å². The maximum atomic E-state index is 12.5. The molecule has 0 amide bonds. The van der Waals surface area contributed by atoms with E-state index in [9.17, 15) is 8.42 Å². The second-order valence-corrected chi connectivity index (χ2v) is 9.65. The lowest BCUT2D eigenvalue weighted by atomic mass is 10.0. The van der Waals surface area contributed by atoms with Crippen molar-refractivity contribution in [2.75, 3.05) is 6.54 Å². The van der Waals surface area contributed by atoms with Crippen LogP contribution in [0.25, 0.3) is 0 Å². The lowest BCUT2D eigenvalue weighted by Crippen LogP contribution is -2.43. The van der Waals surface area contributed by atoms with Crippen molar-refractivity contribution in [3.63, 3.8) is 0 Å². The third kappa shape index (κ3) is 4.06. The van der Waals surface area contributed by atoms with Crippen LogP contribution in [0.3, 0.4) is 0 Å². The van der Waals surface area contributed by atoms with Crippen molar-refractivity contribution in [1.29, 1.82) is 0 Å². The molecule has 2 fully saturated rings. The zero-order chi connectivity index (χ0) is 14.9. The van der Waals surface area contributed by atoms with Gasteiger partial charge in [0.05, 0.1) is 0 Å². The molecule has 1 heterocycles. The molecule has 2 aliphatic rings. The van der Waals surface area contributed by atoms with Gasteiger partial charge in [0.1, 0.15) is 4.21 Å². The molecule has 21 heavy (non-hydrogen) atoms. The van der Waals surface area contributed by atoms with Gasteiger partial charge in [-0.2, -0.15) is 0 Å². The van der Waals surface area contributed by atoms with Gasteiger partial charge >= 0.3 is 0 Å². The molecule has 4 nitrogen and oxygen atoms in total. The minimum atomic E-state index is -3.36. The summed E-state index contributed by atoms with van der Waals surface area (Å²) in [5.41, 5.74) is -0.253. The molecule has 3 rings (SSSR count). The minimum absolute atomic E-state index is 0.253. The smallest absolute Gasteiger partial charge is 0.250 e. The Labute approximate surface area is 131 Å². The molecule has 2 saturated carbocycles. The Morgan fingerprint density at radius 2 is 2.00 bits per heavy atom. The molecule has 0 aliphatic heterocycles. The average Bonchev–Trinajstić information content (AvgIpc) is 2.93. The van der Waals surface area contributed by atoms with Gasteiger partial charge in [0, 0.05) is 23.0 Å². The molecule has 0 bridgehead atoms. The average molecular weight is 329 g/mol. The molecule has 118 valence electrons. The first kappa shape index (κ1) is 15.5. The van der Waals surface area contributed by atoms with Crippen LogP contribution in [0.4, 0.5) is 0 Å². The summed E-state index contributed by atoms with van der Waals surface area (Å²) in [6, 6.07) is 4.40. The van der Waals surface area contributed by atoms with E-state index in [1.54, 1.807) is 6.07 Å². The van der Waals surface area contributed by atoms with Gasteiger partial charge in [-0.3, -0.25) is 0 Å². The summed E-state index contributed by atoms with van der Waals surface area (Å²) < 4.78 is 28.3. The standard InChI is InChI=1S/C15H24N2O2S2/c1-15(9-2-3-10-15)17-21(18,19)14-7-6-13(20-14)8-11-16-12-4-5-12/h6-7,12,16-17H,2-5,8-11H2,1H3. The Kier molecular flexibility index (Phi) is 4.41. The van der Waals surface area contributed by atoms with Crippen LogP contribution in [0.15, 0.2) is 16.3 Å². The van der Waals surface area contributed by atoms with Gasteiger partial charge in [0.2, 0.25) is 0 Å². The highest BCUT2D eigenvalue weighted by molar-refractivity contribution is 7.91. The zero-order valence-electron chi connectivity index (χ0n) is 12.5. The molecular formula is C15H24N2O2S2. The predicted octanol–water partition coefficient (Wildman–Crippen LogP) is 2.65. The van der Waals surface area contributed by atoms with Gasteiger partial charge < -0.3 is 5.32 Å². The van der Waals surface area contributed by atoms with Crippen molar-refractivity contribution < 1.29 is 8.42 Å². The summed E-state index contributed by atoms with van der Waals surface area (Å²) in [6.45, 7) is 2.96. The van der Waals surface area contributed by atoms with E-state index in [2.05, 4.69) is 10.0 Å². The van der Waals surface area contributed by atoms with Crippen LogP contribution in [0.2, 0.25) is 0 Å². The summed E-state index contributed by atoms with van der Waals surface area (Å²) in [5.74, 6) is 0. The molecule has 1 aromatic rings. The first-order valence-corrected chi connectivity index (χ1v) is 10.1. The van der Waals surface area contributed by atoms with Crippen LogP contribution in [-0.4, -0.2) is 26.5 Å². The Morgan fingerprint density at radius 1 is 1.29 bits per heavy atom. The number of thiophene rings is 1. The van der Waals surface area contributed by atoms with Crippen LogP contribution < -0.4 is 10.0 Å². The largest absolute Gasteiger partial charge is 0.314 e. The summed E-state index contributed by atoms with van der Waals surface area (Å²) in [7, 11) is -3.36. The molecule has 0 radical (unpaired) electrons. The van der Waals surface area contributed by atoms with E-state index in [4.69, 9.17) is 0 Å². The maximum absolute atomic E-state index is 12.5. The van der Waals surface area contributed by atoms with Crippen LogP contribution in [0, 0.1) is 0 Å². The van der Waals surface area contributed by atoms with Crippen LogP contribution in [-0.2, 0) is 16.4 Å². The van der Waals surface area contributed by atoms with Crippen molar-refractivity contribution >= 4 is 21.4 Å². The SMILES string of the molecule is CC1(NS(=O)(=O)c2ccc(CCNC3CC3)s2)CCCC1. The number of sulfonamides is 1. The summed E-state index contributed by atoms with van der Waals surface area (Å²) >= 11 is 1.40. The van der Waals surface area contributed by atoms with E-state index in [-0.39, 0.29) is 5.54 Å². The molecule has 0 spiro atoms. The third-order valence-corrected chi connectivity index (χ3v) is 7.65. The van der Waals surface area contributed by atoms with E-state index in [0.29, 0.717) is 10.3 Å². The highest BCUT2D eigenvalue weighted by atomic mass is 32.2. The van der Waals surface area contributed by atoms with Crippen molar-refractivity contribution in [2.24, 2.45) is 0 Å². The molecule has 2 N–H and O–H groups in total. The zero-order valence-corrected chi connectivity index (χ0v) is 14.2. The van der Waals surface area contributed by atoms with Gasteiger partial charge in [-0.15, -0.1) is 11.3 Å². The predicted molar refractivity (Wildman–Crippen MR) is 86.2 cm³/mol. The quantitative estimate of drug-likeness (QED) is 0.809. The minimum Gasteiger partial charge on any atom is -0.314 e. The van der Waals surface area contributed by atoms with Crippen LogP contribution >= 0.6 is 11.3 Å². The van der Waals surface area contributed by atoms with Gasteiger partial charge in [0.15, 0.2) is 0 Å². The first-order valence-electron chi connectivity index (χ1n) is 7.83. The number of rotatable bonds is 7. The van der Waals surface area contributed by atoms with Crippen molar-refractivity contribution in [2.45, 2.75) is 67.7 Å². The lowest BCUT2D eigenvalue weighted by Gasteiger charge is -2.24. The third-order valence-electron chi connectivity index (χ3n) is 4.37. The monoisotopic (exact) mass is 328 g/mol. The fraction of sp³-hybridized carbons (Fsp3) is 0.733. The topological polar surface area (TPSA) is 58.2 Å². The van der Waals surface area contributed by atoms with Crippen molar-refractivity contribution in [3.8, 4) is 0 Å². The van der Waals surface area contributed by atoms with Crippen LogP contribution in [0.1, 0.15) is 50.3 Å². The maximum Gasteiger partial charge on any atom is 0.250 e. The number of nitrogens with one attached hydrogen (secondary N) is 2. The first-order chi connectivity index (χ1) is 9.97.